The summed E-state index contributed by atoms with van der Waals surface area (Å²) in [6.45, 7) is 1.87. The molecule has 0 aliphatic rings. The van der Waals surface area contributed by atoms with Gasteiger partial charge in [-0.25, -0.2) is 0 Å². The van der Waals surface area contributed by atoms with E-state index in [-0.39, 0.29) is 0 Å². The molecule has 0 heterocycles. The van der Waals surface area contributed by atoms with E-state index < -0.39 is 12.0 Å². The van der Waals surface area contributed by atoms with E-state index in [9.17, 15) is 9.90 Å². The van der Waals surface area contributed by atoms with Crippen LogP contribution in [0, 0.1) is 6.92 Å². The molecule has 5 heteroatoms. The van der Waals surface area contributed by atoms with Gasteiger partial charge in [0.25, 0.3) is 5.91 Å². The van der Waals surface area contributed by atoms with E-state index >= 15 is 0 Å². The molecule has 1 atom stereocenters. The van der Waals surface area contributed by atoms with Gasteiger partial charge in [-0.1, -0.05) is 41.9 Å². The highest BCUT2D eigenvalue weighted by Crippen LogP contribution is 2.29. The predicted octanol–water partition coefficient (Wildman–Crippen LogP) is 4.08. The minimum atomic E-state index is -1.22. The second-order valence-electron chi connectivity index (χ2n) is 4.38. The molecule has 1 amide bonds. The van der Waals surface area contributed by atoms with Crippen molar-refractivity contribution in [2.45, 2.75) is 13.0 Å². The Hall–Kier alpha value is -1.36. The first-order valence-electron chi connectivity index (χ1n) is 5.98. The Morgan fingerprint density at radius 1 is 1.30 bits per heavy atom. The summed E-state index contributed by atoms with van der Waals surface area (Å²) in [5.74, 6) is -0.503. The molecule has 1 unspecified atom stereocenters. The van der Waals surface area contributed by atoms with E-state index in [4.69, 9.17) is 11.6 Å². The Labute approximate surface area is 130 Å². The van der Waals surface area contributed by atoms with Gasteiger partial charge in [-0.15, -0.1) is 0 Å². The molecule has 0 spiro atoms. The number of hydrogen-bond donors (Lipinski definition) is 2. The molecule has 0 aliphatic heterocycles. The van der Waals surface area contributed by atoms with E-state index in [0.29, 0.717) is 20.7 Å². The molecular formula is C15H13BrClNO2. The summed E-state index contributed by atoms with van der Waals surface area (Å²) in [6.07, 6.45) is -1.22. The first kappa shape index (κ1) is 15.0. The maximum atomic E-state index is 12.0. The van der Waals surface area contributed by atoms with Crippen LogP contribution in [-0.4, -0.2) is 11.0 Å². The number of aliphatic hydroxyl groups is 1. The molecular weight excluding hydrogens is 342 g/mol. The summed E-state index contributed by atoms with van der Waals surface area (Å²) >= 11 is 9.39. The fourth-order valence-electron chi connectivity index (χ4n) is 1.73. The molecule has 0 bridgehead atoms. The van der Waals surface area contributed by atoms with Crippen molar-refractivity contribution in [3.63, 3.8) is 0 Å². The third kappa shape index (κ3) is 3.39. The molecule has 0 saturated heterocycles. The number of amides is 1. The fourth-order valence-corrected chi connectivity index (χ4v) is 2.45. The van der Waals surface area contributed by atoms with Gasteiger partial charge >= 0.3 is 0 Å². The molecule has 0 fully saturated rings. The minimum absolute atomic E-state index is 0.503. The van der Waals surface area contributed by atoms with Crippen LogP contribution >= 0.6 is 27.5 Å². The Balaban J connectivity index is 2.18. The molecule has 2 aromatic rings. The quantitative estimate of drug-likeness (QED) is 0.872. The molecule has 20 heavy (non-hydrogen) atoms. The summed E-state index contributed by atoms with van der Waals surface area (Å²) < 4.78 is 0.716. The number of hydrogen-bond acceptors (Lipinski definition) is 2. The van der Waals surface area contributed by atoms with Crippen molar-refractivity contribution in [1.29, 1.82) is 0 Å². The van der Waals surface area contributed by atoms with Crippen molar-refractivity contribution in [2.24, 2.45) is 0 Å². The minimum Gasteiger partial charge on any atom is -0.378 e. The van der Waals surface area contributed by atoms with E-state index in [1.807, 2.05) is 19.1 Å². The van der Waals surface area contributed by atoms with Gasteiger partial charge in [0.15, 0.2) is 6.10 Å². The first-order valence-corrected chi connectivity index (χ1v) is 7.15. The highest BCUT2D eigenvalue weighted by atomic mass is 79.9. The molecule has 2 rings (SSSR count). The van der Waals surface area contributed by atoms with Crippen molar-refractivity contribution in [1.82, 2.24) is 0 Å². The van der Waals surface area contributed by atoms with Gasteiger partial charge in [-0.05, 0) is 46.1 Å². The highest BCUT2D eigenvalue weighted by molar-refractivity contribution is 9.10. The van der Waals surface area contributed by atoms with Gasteiger partial charge in [-0.3, -0.25) is 4.79 Å². The molecule has 0 radical (unpaired) electrons. The molecule has 3 nitrogen and oxygen atoms in total. The van der Waals surface area contributed by atoms with Crippen molar-refractivity contribution in [3.05, 3.63) is 63.1 Å². The van der Waals surface area contributed by atoms with Gasteiger partial charge < -0.3 is 10.4 Å². The molecule has 2 N–H and O–H groups in total. The van der Waals surface area contributed by atoms with Gasteiger partial charge in [0.2, 0.25) is 0 Å². The maximum Gasteiger partial charge on any atom is 0.257 e. The topological polar surface area (TPSA) is 49.3 Å². The Morgan fingerprint density at radius 3 is 2.60 bits per heavy atom. The summed E-state index contributed by atoms with van der Waals surface area (Å²) in [4.78, 5) is 12.0. The number of anilines is 1. The number of rotatable bonds is 3. The smallest absolute Gasteiger partial charge is 0.257 e. The second kappa shape index (κ2) is 6.39. The number of aliphatic hydroxyl groups excluding tert-OH is 1. The molecule has 0 aliphatic carbocycles. The van der Waals surface area contributed by atoms with Gasteiger partial charge in [0.1, 0.15) is 0 Å². The third-order valence-corrected chi connectivity index (χ3v) is 3.93. The van der Waals surface area contributed by atoms with Crippen LogP contribution in [0.2, 0.25) is 5.02 Å². The van der Waals surface area contributed by atoms with Crippen molar-refractivity contribution in [3.8, 4) is 0 Å². The number of nitrogens with one attached hydrogen (secondary N) is 1. The van der Waals surface area contributed by atoms with Crippen LogP contribution in [0.1, 0.15) is 17.2 Å². The van der Waals surface area contributed by atoms with E-state index in [1.165, 1.54) is 0 Å². The standard InChI is InChI=1S/C15H13BrClNO2/c1-9-7-11(16)13(8-12(9)17)18-15(20)14(19)10-5-3-2-4-6-10/h2-8,14,19H,1H3,(H,18,20). The Bertz CT molecular complexity index is 631. The van der Waals surface area contributed by atoms with Gasteiger partial charge in [0, 0.05) is 9.50 Å². The van der Waals surface area contributed by atoms with Crippen LogP contribution in [0.3, 0.4) is 0 Å². The molecule has 104 valence electrons. The molecule has 2 aromatic carbocycles. The van der Waals surface area contributed by atoms with Gasteiger partial charge in [-0.2, -0.15) is 0 Å². The highest BCUT2D eigenvalue weighted by Gasteiger charge is 2.18. The normalized spacial score (nSPS) is 12.0. The Kier molecular flexibility index (Phi) is 4.81. The van der Waals surface area contributed by atoms with Crippen molar-refractivity contribution >= 4 is 39.1 Å². The summed E-state index contributed by atoms with van der Waals surface area (Å²) in [5, 5.41) is 13.2. The van der Waals surface area contributed by atoms with Crippen LogP contribution in [-0.2, 0) is 4.79 Å². The number of aryl methyl sites for hydroxylation is 1. The lowest BCUT2D eigenvalue weighted by atomic mass is 10.1. The lowest BCUT2D eigenvalue weighted by Crippen LogP contribution is -2.21. The van der Waals surface area contributed by atoms with E-state index in [1.54, 1.807) is 30.3 Å². The van der Waals surface area contributed by atoms with Crippen LogP contribution in [0.5, 0.6) is 0 Å². The predicted molar refractivity (Wildman–Crippen MR) is 83.9 cm³/mol. The lowest BCUT2D eigenvalue weighted by molar-refractivity contribution is -0.124. The van der Waals surface area contributed by atoms with Crippen LogP contribution in [0.25, 0.3) is 0 Å². The zero-order valence-electron chi connectivity index (χ0n) is 10.7. The average Bonchev–Trinajstić information content (AvgIpc) is 2.44. The van der Waals surface area contributed by atoms with E-state index in [0.717, 1.165) is 5.56 Å². The number of carbonyl (C=O) groups excluding carboxylic acids is 1. The van der Waals surface area contributed by atoms with Crippen LogP contribution in [0.4, 0.5) is 5.69 Å². The van der Waals surface area contributed by atoms with Crippen molar-refractivity contribution < 1.29 is 9.90 Å². The first-order chi connectivity index (χ1) is 9.49. The zero-order valence-corrected chi connectivity index (χ0v) is 13.1. The van der Waals surface area contributed by atoms with Gasteiger partial charge in [0.05, 0.1) is 5.69 Å². The summed E-state index contributed by atoms with van der Waals surface area (Å²) in [7, 11) is 0. The van der Waals surface area contributed by atoms with Crippen LogP contribution in [0.15, 0.2) is 46.9 Å². The monoisotopic (exact) mass is 353 g/mol. The van der Waals surface area contributed by atoms with Crippen molar-refractivity contribution in [2.75, 3.05) is 5.32 Å². The molecule has 0 saturated carbocycles. The Morgan fingerprint density at radius 2 is 1.95 bits per heavy atom. The lowest BCUT2D eigenvalue weighted by Gasteiger charge is -2.13. The van der Waals surface area contributed by atoms with E-state index in [2.05, 4.69) is 21.2 Å². The summed E-state index contributed by atoms with van der Waals surface area (Å²) in [5.41, 5.74) is 1.97. The second-order valence-corrected chi connectivity index (χ2v) is 5.65. The van der Waals surface area contributed by atoms with Crippen LogP contribution < -0.4 is 5.32 Å². The fraction of sp³-hybridized carbons (Fsp3) is 0.133. The zero-order chi connectivity index (χ0) is 14.7. The maximum absolute atomic E-state index is 12.0. The number of benzene rings is 2. The number of halogens is 2. The molecule has 0 aromatic heterocycles. The number of carbonyl (C=O) groups is 1. The largest absolute Gasteiger partial charge is 0.378 e. The third-order valence-electron chi connectivity index (χ3n) is 2.87. The summed E-state index contributed by atoms with van der Waals surface area (Å²) in [6, 6.07) is 12.2. The average molecular weight is 355 g/mol. The SMILES string of the molecule is Cc1cc(Br)c(NC(=O)C(O)c2ccccc2)cc1Cl.